The van der Waals surface area contributed by atoms with Gasteiger partial charge in [0.2, 0.25) is 0 Å². The molecule has 1 aromatic heterocycles. The van der Waals surface area contributed by atoms with E-state index in [2.05, 4.69) is 24.4 Å². The molecule has 3 nitrogen and oxygen atoms in total. The van der Waals surface area contributed by atoms with Crippen LogP contribution >= 0.6 is 11.3 Å². The Morgan fingerprint density at radius 2 is 2.00 bits per heavy atom. The second-order valence-corrected chi connectivity index (χ2v) is 7.47. The van der Waals surface area contributed by atoms with Crippen LogP contribution in [0.5, 0.6) is 0 Å². The summed E-state index contributed by atoms with van der Waals surface area (Å²) in [5, 5.41) is 3.09. The quantitative estimate of drug-likeness (QED) is 0.855. The summed E-state index contributed by atoms with van der Waals surface area (Å²) in [6.45, 7) is 3.57. The summed E-state index contributed by atoms with van der Waals surface area (Å²) in [5.41, 5.74) is 1.14. The van der Waals surface area contributed by atoms with Gasteiger partial charge in [0.25, 0.3) is 0 Å². The third kappa shape index (κ3) is 4.14. The molecule has 1 aromatic carbocycles. The molecule has 0 bridgehead atoms. The zero-order valence-corrected chi connectivity index (χ0v) is 14.4. The van der Waals surface area contributed by atoms with Crippen molar-refractivity contribution < 1.29 is 4.79 Å². The number of hydrogen-bond acceptors (Lipinski definition) is 2. The van der Waals surface area contributed by atoms with Crippen molar-refractivity contribution in [3.8, 4) is 0 Å². The van der Waals surface area contributed by atoms with Crippen LogP contribution in [0.3, 0.4) is 0 Å². The molecule has 1 N–H and O–H groups in total. The number of benzene rings is 1. The number of thiophene rings is 1. The maximum Gasteiger partial charge on any atom is 0.318 e. The van der Waals surface area contributed by atoms with Gasteiger partial charge in [0.05, 0.1) is 6.04 Å². The Balaban J connectivity index is 1.70. The molecule has 2 amide bonds. The largest absolute Gasteiger partial charge is 0.334 e. The SMILES string of the molecule is Cc1ccc([C@@H]2CCCCCN2C(=O)NCc2ccccc2)s1. The van der Waals surface area contributed by atoms with E-state index in [1.807, 2.05) is 46.6 Å². The number of nitrogens with zero attached hydrogens (tertiary/aromatic N) is 1. The number of urea groups is 1. The van der Waals surface area contributed by atoms with E-state index in [9.17, 15) is 4.79 Å². The Morgan fingerprint density at radius 1 is 1.17 bits per heavy atom. The first kappa shape index (κ1) is 16.1. The van der Waals surface area contributed by atoms with E-state index in [1.165, 1.54) is 22.6 Å². The first-order valence-electron chi connectivity index (χ1n) is 8.39. The van der Waals surface area contributed by atoms with Crippen molar-refractivity contribution in [3.63, 3.8) is 0 Å². The van der Waals surface area contributed by atoms with E-state index in [4.69, 9.17) is 0 Å². The molecule has 2 heterocycles. The van der Waals surface area contributed by atoms with Gasteiger partial charge in [0.15, 0.2) is 0 Å². The number of rotatable bonds is 3. The lowest BCUT2D eigenvalue weighted by Gasteiger charge is -2.29. The summed E-state index contributed by atoms with van der Waals surface area (Å²) in [6.07, 6.45) is 4.58. The highest BCUT2D eigenvalue weighted by atomic mass is 32.1. The second-order valence-electron chi connectivity index (χ2n) is 6.15. The number of likely N-dealkylation sites (tertiary alicyclic amines) is 1. The fourth-order valence-electron chi connectivity index (χ4n) is 3.15. The molecule has 1 aliphatic rings. The van der Waals surface area contributed by atoms with E-state index < -0.39 is 0 Å². The van der Waals surface area contributed by atoms with Gasteiger partial charge in [0.1, 0.15) is 0 Å². The van der Waals surface area contributed by atoms with Gasteiger partial charge in [-0.05, 0) is 37.5 Å². The zero-order chi connectivity index (χ0) is 16.1. The molecule has 0 saturated carbocycles. The fourth-order valence-corrected chi connectivity index (χ4v) is 4.18. The van der Waals surface area contributed by atoms with Crippen LogP contribution in [-0.4, -0.2) is 17.5 Å². The highest BCUT2D eigenvalue weighted by molar-refractivity contribution is 7.12. The third-order valence-corrected chi connectivity index (χ3v) is 5.49. The van der Waals surface area contributed by atoms with E-state index in [-0.39, 0.29) is 12.1 Å². The van der Waals surface area contributed by atoms with Crippen molar-refractivity contribution in [3.05, 3.63) is 57.8 Å². The van der Waals surface area contributed by atoms with Gasteiger partial charge in [-0.3, -0.25) is 0 Å². The predicted molar refractivity (Wildman–Crippen MR) is 95.6 cm³/mol. The summed E-state index contributed by atoms with van der Waals surface area (Å²) < 4.78 is 0. The molecular weight excluding hydrogens is 304 g/mol. The molecule has 1 atom stereocenters. The first-order chi connectivity index (χ1) is 11.2. The van der Waals surface area contributed by atoms with Crippen LogP contribution in [0.25, 0.3) is 0 Å². The van der Waals surface area contributed by atoms with Gasteiger partial charge in [0, 0.05) is 22.8 Å². The molecule has 0 unspecified atom stereocenters. The standard InChI is InChI=1S/C19H24N2OS/c1-15-11-12-18(23-15)17-10-6-3-7-13-21(17)19(22)20-14-16-8-4-2-5-9-16/h2,4-5,8-9,11-12,17H,3,6-7,10,13-14H2,1H3,(H,20,22)/t17-/m0/s1. The fraction of sp³-hybridized carbons (Fsp3) is 0.421. The van der Waals surface area contributed by atoms with Crippen molar-refractivity contribution in [2.45, 2.75) is 45.2 Å². The molecule has 1 aliphatic heterocycles. The van der Waals surface area contributed by atoms with Crippen molar-refractivity contribution >= 4 is 17.4 Å². The monoisotopic (exact) mass is 328 g/mol. The molecule has 1 fully saturated rings. The Labute approximate surface area is 142 Å². The molecule has 4 heteroatoms. The molecule has 23 heavy (non-hydrogen) atoms. The minimum atomic E-state index is 0.0619. The van der Waals surface area contributed by atoms with Gasteiger partial charge in [-0.15, -0.1) is 11.3 Å². The highest BCUT2D eigenvalue weighted by Gasteiger charge is 2.27. The van der Waals surface area contributed by atoms with Gasteiger partial charge < -0.3 is 10.2 Å². The third-order valence-electron chi connectivity index (χ3n) is 4.39. The Morgan fingerprint density at radius 3 is 2.74 bits per heavy atom. The lowest BCUT2D eigenvalue weighted by atomic mass is 10.1. The van der Waals surface area contributed by atoms with Gasteiger partial charge in [-0.2, -0.15) is 0 Å². The minimum absolute atomic E-state index is 0.0619. The van der Waals surface area contributed by atoms with Crippen LogP contribution in [0, 0.1) is 6.92 Å². The molecule has 0 spiro atoms. The maximum absolute atomic E-state index is 12.7. The smallest absolute Gasteiger partial charge is 0.318 e. The second kappa shape index (κ2) is 7.64. The molecule has 122 valence electrons. The van der Waals surface area contributed by atoms with Crippen LogP contribution in [0.4, 0.5) is 4.79 Å². The highest BCUT2D eigenvalue weighted by Crippen LogP contribution is 2.34. The molecule has 3 rings (SSSR count). The normalized spacial score (nSPS) is 18.5. The average molecular weight is 328 g/mol. The van der Waals surface area contributed by atoms with Gasteiger partial charge in [-0.1, -0.05) is 43.2 Å². The molecule has 2 aromatic rings. The van der Waals surface area contributed by atoms with E-state index in [0.29, 0.717) is 6.54 Å². The van der Waals surface area contributed by atoms with Crippen molar-refractivity contribution in [2.75, 3.05) is 6.54 Å². The maximum atomic E-state index is 12.7. The number of aryl methyl sites for hydroxylation is 1. The van der Waals surface area contributed by atoms with Gasteiger partial charge >= 0.3 is 6.03 Å². The number of carbonyl (C=O) groups excluding carboxylic acids is 1. The predicted octanol–water partition coefficient (Wildman–Crippen LogP) is 4.88. The first-order valence-corrected chi connectivity index (χ1v) is 9.20. The van der Waals surface area contributed by atoms with Crippen LogP contribution in [0.2, 0.25) is 0 Å². The van der Waals surface area contributed by atoms with Crippen LogP contribution < -0.4 is 5.32 Å². The number of nitrogens with one attached hydrogen (secondary N) is 1. The lowest BCUT2D eigenvalue weighted by Crippen LogP contribution is -2.41. The van der Waals surface area contributed by atoms with E-state index in [1.54, 1.807) is 0 Å². The average Bonchev–Trinajstić information content (AvgIpc) is 2.85. The van der Waals surface area contributed by atoms with Crippen LogP contribution in [0.1, 0.15) is 47.0 Å². The number of carbonyl (C=O) groups is 1. The molecular formula is C19H24N2OS. The topological polar surface area (TPSA) is 32.3 Å². The van der Waals surface area contributed by atoms with E-state index in [0.717, 1.165) is 24.9 Å². The Bertz CT molecular complexity index is 638. The van der Waals surface area contributed by atoms with Crippen molar-refractivity contribution in [1.29, 1.82) is 0 Å². The van der Waals surface area contributed by atoms with Crippen molar-refractivity contribution in [2.24, 2.45) is 0 Å². The number of hydrogen-bond donors (Lipinski definition) is 1. The molecule has 1 saturated heterocycles. The summed E-state index contributed by atoms with van der Waals surface area (Å²) in [7, 11) is 0. The van der Waals surface area contributed by atoms with Crippen LogP contribution in [0.15, 0.2) is 42.5 Å². The molecule has 0 aliphatic carbocycles. The van der Waals surface area contributed by atoms with E-state index >= 15 is 0 Å². The minimum Gasteiger partial charge on any atom is -0.334 e. The summed E-state index contributed by atoms with van der Waals surface area (Å²) in [6, 6.07) is 14.7. The summed E-state index contributed by atoms with van der Waals surface area (Å²) in [4.78, 5) is 17.4. The zero-order valence-electron chi connectivity index (χ0n) is 13.6. The Hall–Kier alpha value is -1.81. The summed E-state index contributed by atoms with van der Waals surface area (Å²) >= 11 is 1.82. The van der Waals surface area contributed by atoms with Crippen molar-refractivity contribution in [1.82, 2.24) is 10.2 Å². The van der Waals surface area contributed by atoms with Gasteiger partial charge in [-0.25, -0.2) is 4.79 Å². The lowest BCUT2D eigenvalue weighted by molar-refractivity contribution is 0.176. The summed E-state index contributed by atoms with van der Waals surface area (Å²) in [5.74, 6) is 0. The molecule has 0 radical (unpaired) electrons. The van der Waals surface area contributed by atoms with Crippen LogP contribution in [-0.2, 0) is 6.54 Å². The number of amides is 2. The Kier molecular flexibility index (Phi) is 5.34.